The number of ether oxygens (including phenoxy) is 3. The first-order chi connectivity index (χ1) is 28.4. The van der Waals surface area contributed by atoms with Crippen LogP contribution < -0.4 is 11.4 Å². The van der Waals surface area contributed by atoms with Gasteiger partial charge in [-0.2, -0.15) is 9.29 Å². The summed E-state index contributed by atoms with van der Waals surface area (Å²) in [5, 5.41) is 20.8. The maximum absolute atomic E-state index is 12.8. The first kappa shape index (κ1) is 53.9. The minimum absolute atomic E-state index is 0.0541. The lowest BCUT2D eigenvalue weighted by Gasteiger charge is -2.21. The molecule has 1 saturated heterocycles. The average molecular weight is 898 g/mol. The average Bonchev–Trinajstić information content (AvgIpc) is 3.44. The molecule has 0 bridgehead atoms. The zero-order valence-electron chi connectivity index (χ0n) is 36.1. The number of aliphatic hydroxyl groups excluding tert-OH is 2. The Labute approximate surface area is 355 Å². The third kappa shape index (κ3) is 23.8. The van der Waals surface area contributed by atoms with Crippen LogP contribution in [0.4, 0.5) is 5.82 Å². The van der Waals surface area contributed by atoms with E-state index in [9.17, 15) is 43.5 Å². The van der Waals surface area contributed by atoms with Gasteiger partial charge in [0.1, 0.15) is 30.7 Å². The first-order valence-corrected chi connectivity index (χ1v) is 24.8. The molecule has 60 heavy (non-hydrogen) atoms. The van der Waals surface area contributed by atoms with Crippen molar-refractivity contribution in [1.82, 2.24) is 9.55 Å². The number of aliphatic hydroxyl groups is 2. The zero-order chi connectivity index (χ0) is 44.6. The Bertz CT molecular complexity index is 1530. The number of aromatic nitrogens is 2. The van der Waals surface area contributed by atoms with Crippen molar-refractivity contribution < 1.29 is 66.3 Å². The third-order valence-electron chi connectivity index (χ3n) is 10.0. The summed E-state index contributed by atoms with van der Waals surface area (Å²) in [4.78, 5) is 61.5. The Hall–Kier alpha value is -2.24. The van der Waals surface area contributed by atoms with Crippen LogP contribution in [0.2, 0.25) is 0 Å². The molecule has 0 spiro atoms. The monoisotopic (exact) mass is 897 g/mol. The van der Waals surface area contributed by atoms with Gasteiger partial charge in [0.25, 0.3) is 0 Å². The van der Waals surface area contributed by atoms with Gasteiger partial charge >= 0.3 is 33.3 Å². The van der Waals surface area contributed by atoms with Crippen molar-refractivity contribution in [3.63, 3.8) is 0 Å². The summed E-state index contributed by atoms with van der Waals surface area (Å²) >= 11 is 0. The fourth-order valence-corrected chi connectivity index (χ4v) is 8.73. The Balaban J connectivity index is 1.85. The number of phosphoric ester groups is 2. The standard InChI is InChI=1S/C40H73N3O15P2/c1-30(2)21-17-13-9-7-5-6-8-10-16-20-24-36(45)56-32(27-53-35(44)23-19-15-12-11-14-18-22-31(3)4)28-54-59(49,50)58-60(51,52)55-29-33-37(46)38(47)39(57-33)43-26-25-34(41)42-40(43)48/h25-26,30-33,37-39,46-47H,5-24,27-29H2,1-4H3,(H,49,50)(H,51,52)(H2,41,42,48)/t32-,33-,37+,38?,39-/m1/s1. The summed E-state index contributed by atoms with van der Waals surface area (Å²) in [7, 11) is -10.8. The number of esters is 2. The second kappa shape index (κ2) is 29.2. The van der Waals surface area contributed by atoms with Crippen LogP contribution in [0.3, 0.4) is 0 Å². The number of nitrogen functional groups attached to an aromatic ring is 1. The summed E-state index contributed by atoms with van der Waals surface area (Å²) in [6, 6.07) is 1.25. The number of nitrogens with two attached hydrogens (primary N) is 1. The molecule has 0 amide bonds. The van der Waals surface area contributed by atoms with E-state index in [2.05, 4.69) is 37.0 Å². The molecular formula is C40H73N3O15P2. The Morgan fingerprint density at radius 2 is 1.23 bits per heavy atom. The zero-order valence-corrected chi connectivity index (χ0v) is 37.9. The molecule has 2 rings (SSSR count). The summed E-state index contributed by atoms with van der Waals surface area (Å²) in [5.74, 6) is 0.129. The Kier molecular flexibility index (Phi) is 26.2. The molecule has 7 atom stereocenters. The molecule has 2 heterocycles. The van der Waals surface area contributed by atoms with Gasteiger partial charge in [0.15, 0.2) is 12.3 Å². The van der Waals surface area contributed by atoms with Gasteiger partial charge in [0.05, 0.1) is 13.2 Å². The van der Waals surface area contributed by atoms with Crippen LogP contribution in [0.1, 0.15) is 162 Å². The molecule has 1 aromatic rings. The maximum Gasteiger partial charge on any atom is 0.481 e. The van der Waals surface area contributed by atoms with Gasteiger partial charge in [-0.3, -0.25) is 23.2 Å². The highest BCUT2D eigenvalue weighted by atomic mass is 31.3. The number of hydrogen-bond acceptors (Lipinski definition) is 15. The largest absolute Gasteiger partial charge is 0.481 e. The summed E-state index contributed by atoms with van der Waals surface area (Å²) in [6.07, 6.45) is 12.6. The van der Waals surface area contributed by atoms with Crippen molar-refractivity contribution >= 4 is 33.4 Å². The van der Waals surface area contributed by atoms with E-state index >= 15 is 0 Å². The normalized spacial score (nSPS) is 20.6. The number of nitrogens with zero attached hydrogens (tertiary/aromatic N) is 2. The molecule has 0 aliphatic carbocycles. The lowest BCUT2D eigenvalue weighted by molar-refractivity contribution is -0.161. The molecule has 1 fully saturated rings. The third-order valence-corrected chi connectivity index (χ3v) is 12.6. The van der Waals surface area contributed by atoms with Gasteiger partial charge in [-0.1, -0.05) is 130 Å². The van der Waals surface area contributed by atoms with Crippen molar-refractivity contribution in [2.24, 2.45) is 11.8 Å². The van der Waals surface area contributed by atoms with Crippen molar-refractivity contribution in [2.75, 3.05) is 25.6 Å². The van der Waals surface area contributed by atoms with Gasteiger partial charge in [0.2, 0.25) is 0 Å². The minimum atomic E-state index is -5.41. The molecule has 3 unspecified atom stereocenters. The number of rotatable bonds is 34. The van der Waals surface area contributed by atoms with Gasteiger partial charge in [0, 0.05) is 19.0 Å². The van der Waals surface area contributed by atoms with Crippen LogP contribution in [0, 0.1) is 11.8 Å². The van der Waals surface area contributed by atoms with E-state index in [1.165, 1.54) is 57.4 Å². The highest BCUT2D eigenvalue weighted by Crippen LogP contribution is 2.60. The van der Waals surface area contributed by atoms with E-state index in [1.807, 2.05) is 0 Å². The van der Waals surface area contributed by atoms with Gasteiger partial charge in [-0.15, -0.1) is 0 Å². The smallest absolute Gasteiger partial charge is 0.462 e. The second-order valence-electron chi connectivity index (χ2n) is 16.5. The van der Waals surface area contributed by atoms with Crippen LogP contribution in [0.15, 0.2) is 17.1 Å². The van der Waals surface area contributed by atoms with Crippen molar-refractivity contribution in [2.45, 2.75) is 187 Å². The second-order valence-corrected chi connectivity index (χ2v) is 19.6. The quantitative estimate of drug-likeness (QED) is 0.0259. The summed E-state index contributed by atoms with van der Waals surface area (Å²) in [5.41, 5.74) is 4.57. The molecule has 1 aliphatic rings. The Morgan fingerprint density at radius 3 is 1.75 bits per heavy atom. The molecule has 6 N–H and O–H groups in total. The fourth-order valence-electron chi connectivity index (χ4n) is 6.62. The Morgan fingerprint density at radius 1 is 0.750 bits per heavy atom. The molecule has 20 heteroatoms. The number of phosphoric acid groups is 2. The van der Waals surface area contributed by atoms with E-state index in [0.29, 0.717) is 18.8 Å². The van der Waals surface area contributed by atoms with E-state index in [0.717, 1.165) is 68.0 Å². The number of anilines is 1. The molecule has 1 aromatic heterocycles. The van der Waals surface area contributed by atoms with Crippen molar-refractivity contribution in [3.8, 4) is 0 Å². The summed E-state index contributed by atoms with van der Waals surface area (Å²) in [6.45, 7) is 6.60. The van der Waals surface area contributed by atoms with E-state index in [-0.39, 0.29) is 18.7 Å². The summed E-state index contributed by atoms with van der Waals surface area (Å²) < 4.78 is 56.4. The molecule has 348 valence electrons. The first-order valence-electron chi connectivity index (χ1n) is 21.8. The minimum Gasteiger partial charge on any atom is -0.462 e. The van der Waals surface area contributed by atoms with Crippen LogP contribution in [-0.4, -0.2) is 85.7 Å². The lowest BCUT2D eigenvalue weighted by Crippen LogP contribution is -2.36. The lowest BCUT2D eigenvalue weighted by atomic mass is 10.0. The highest BCUT2D eigenvalue weighted by molar-refractivity contribution is 7.61. The maximum atomic E-state index is 12.8. The topological polar surface area (TPSA) is 265 Å². The molecule has 1 aliphatic heterocycles. The molecule has 0 radical (unpaired) electrons. The fraction of sp³-hybridized carbons (Fsp3) is 0.850. The van der Waals surface area contributed by atoms with Crippen LogP contribution in [0.5, 0.6) is 0 Å². The molecular weight excluding hydrogens is 824 g/mol. The molecule has 0 saturated carbocycles. The predicted molar refractivity (Wildman–Crippen MR) is 224 cm³/mol. The van der Waals surface area contributed by atoms with E-state index in [4.69, 9.17) is 29.0 Å². The van der Waals surface area contributed by atoms with Crippen molar-refractivity contribution in [3.05, 3.63) is 22.7 Å². The molecule has 18 nitrogen and oxygen atoms in total. The van der Waals surface area contributed by atoms with Gasteiger partial charge in [-0.25, -0.2) is 13.9 Å². The predicted octanol–water partition coefficient (Wildman–Crippen LogP) is 7.26. The number of hydrogen-bond donors (Lipinski definition) is 5. The SMILES string of the molecule is CC(C)CCCCCCCCCCCCC(=O)O[C@H](COC(=O)CCCCCCCCC(C)C)COP(=O)(O)OP(=O)(O)OC[C@H]1O[C@@H](n2ccc(N)nc2=O)C(O)[C@H]1O. The highest BCUT2D eigenvalue weighted by Gasteiger charge is 2.46. The van der Waals surface area contributed by atoms with Crippen LogP contribution >= 0.6 is 15.6 Å². The number of carbonyl (C=O) groups is 2. The number of carbonyl (C=O) groups excluding carboxylic acids is 2. The van der Waals surface area contributed by atoms with Gasteiger partial charge in [-0.05, 0) is 30.7 Å². The van der Waals surface area contributed by atoms with E-state index in [1.54, 1.807) is 0 Å². The number of unbranched alkanes of at least 4 members (excludes halogenated alkanes) is 14. The van der Waals surface area contributed by atoms with Gasteiger partial charge < -0.3 is 39.9 Å². The van der Waals surface area contributed by atoms with Crippen molar-refractivity contribution in [1.29, 1.82) is 0 Å². The van der Waals surface area contributed by atoms with E-state index < -0.39 is 83.7 Å². The van der Waals surface area contributed by atoms with Crippen LogP contribution in [0.25, 0.3) is 0 Å². The van der Waals surface area contributed by atoms with Crippen LogP contribution in [-0.2, 0) is 46.3 Å². The molecule has 0 aromatic carbocycles.